The fourth-order valence-electron chi connectivity index (χ4n) is 5.26. The number of amides is 1. The lowest BCUT2D eigenvalue weighted by Gasteiger charge is -2.48. The summed E-state index contributed by atoms with van der Waals surface area (Å²) < 4.78 is 48.5. The summed E-state index contributed by atoms with van der Waals surface area (Å²) in [6.45, 7) is 10.9. The van der Waals surface area contributed by atoms with E-state index in [0.29, 0.717) is 6.42 Å². The third-order valence-electron chi connectivity index (χ3n) is 7.10. The molecule has 238 valence electrons. The number of ether oxygens (including phenoxy) is 2. The van der Waals surface area contributed by atoms with Crippen molar-refractivity contribution < 1.29 is 46.4 Å². The summed E-state index contributed by atoms with van der Waals surface area (Å²) >= 11 is 0. The molecule has 11 nitrogen and oxygen atoms in total. The number of carbonyl (C=O) groups is 3. The first-order valence-electron chi connectivity index (χ1n) is 14.7. The van der Waals surface area contributed by atoms with Crippen molar-refractivity contribution in [2.45, 2.75) is 71.8 Å². The van der Waals surface area contributed by atoms with Gasteiger partial charge in [-0.3, -0.25) is 14.5 Å². The third-order valence-corrected chi connectivity index (χ3v) is 9.47. The van der Waals surface area contributed by atoms with E-state index in [9.17, 15) is 18.9 Å². The van der Waals surface area contributed by atoms with Crippen LogP contribution < -0.4 is 9.05 Å². The summed E-state index contributed by atoms with van der Waals surface area (Å²) in [6.07, 6.45) is 1.18. The number of carbonyl (C=O) groups excluding carboxylic acids is 3. The molecule has 3 unspecified atom stereocenters. The maximum atomic E-state index is 14.3. The van der Waals surface area contributed by atoms with Crippen LogP contribution >= 0.6 is 7.82 Å². The molecule has 2 aliphatic heterocycles. The minimum Gasteiger partial charge on any atom is -0.428 e. The smallest absolute Gasteiger partial charge is 0.428 e. The van der Waals surface area contributed by atoms with Gasteiger partial charge in [-0.05, 0) is 57.3 Å². The first kappa shape index (κ1) is 33.3. The van der Waals surface area contributed by atoms with Crippen molar-refractivity contribution in [2.24, 2.45) is 11.8 Å². The van der Waals surface area contributed by atoms with E-state index in [-0.39, 0.29) is 35.3 Å². The molecular weight excluding hydrogens is 605 g/mol. The Bertz CT molecular complexity index is 1370. The minimum absolute atomic E-state index is 0.0939. The number of rotatable bonds is 15. The van der Waals surface area contributed by atoms with Gasteiger partial charge in [-0.15, -0.1) is 0 Å². The molecule has 2 aromatic carbocycles. The van der Waals surface area contributed by atoms with E-state index in [1.54, 1.807) is 67.6 Å². The molecule has 13 heteroatoms. The Labute approximate surface area is 259 Å². The molecule has 4 atom stereocenters. The molecular formula is C31H40NO10PSi. The Balaban J connectivity index is 1.67. The molecule has 1 saturated heterocycles. The summed E-state index contributed by atoms with van der Waals surface area (Å²) in [5, 5.41) is 0. The van der Waals surface area contributed by atoms with Gasteiger partial charge in [0, 0.05) is 12.3 Å². The fourth-order valence-corrected chi connectivity index (χ4v) is 7.89. The van der Waals surface area contributed by atoms with Crippen LogP contribution in [0.1, 0.15) is 40.0 Å². The fraction of sp³-hybridized carbons (Fsp3) is 0.452. The van der Waals surface area contributed by atoms with Crippen molar-refractivity contribution in [3.05, 3.63) is 72.1 Å². The van der Waals surface area contributed by atoms with Crippen LogP contribution in [0.15, 0.2) is 72.1 Å². The molecule has 44 heavy (non-hydrogen) atoms. The van der Waals surface area contributed by atoms with Gasteiger partial charge >= 0.3 is 19.8 Å². The van der Waals surface area contributed by atoms with Crippen molar-refractivity contribution in [3.63, 3.8) is 0 Å². The molecule has 0 N–H and O–H groups in total. The molecule has 2 aliphatic rings. The van der Waals surface area contributed by atoms with Gasteiger partial charge in [0.2, 0.25) is 12.7 Å². The number of phosphoric ester groups is 1. The molecule has 0 aromatic heterocycles. The topological polar surface area (TPSA) is 127 Å². The van der Waals surface area contributed by atoms with E-state index in [2.05, 4.69) is 0 Å². The third kappa shape index (κ3) is 7.91. The van der Waals surface area contributed by atoms with E-state index in [1.807, 2.05) is 33.5 Å². The largest absolute Gasteiger partial charge is 0.646 e. The number of benzene rings is 2. The Morgan fingerprint density at radius 3 is 2.02 bits per heavy atom. The molecule has 4 rings (SSSR count). The maximum Gasteiger partial charge on any atom is 0.646 e. The normalized spacial score (nSPS) is 20.4. The standard InChI is InChI=1S/C31H40NO10PSi/c1-7-8-19-25(33)37-20-38-31(35)28-29(21(2)27-26(30(34)32(27)28)22(3)42-44(4,5)6)41-43(36,39-23-15-11-9-12-16-23)40-24-17-13-10-14-18-24/h9-18,21-22,26-27H,7-8,19-20H2,1-6H3/t21?,22?,26?,27-/m1/s1. The number of nitrogens with zero attached hydrogens (tertiary/aromatic N) is 1. The lowest BCUT2D eigenvalue weighted by molar-refractivity contribution is -0.171. The van der Waals surface area contributed by atoms with Crippen molar-refractivity contribution in [2.75, 3.05) is 6.79 Å². The maximum absolute atomic E-state index is 14.3. The van der Waals surface area contributed by atoms with Crippen molar-refractivity contribution >= 4 is 34.0 Å². The van der Waals surface area contributed by atoms with Crippen molar-refractivity contribution in [1.82, 2.24) is 4.90 Å². The highest BCUT2D eigenvalue weighted by Gasteiger charge is 2.62. The average molecular weight is 646 g/mol. The van der Waals surface area contributed by atoms with Gasteiger partial charge in [-0.25, -0.2) is 4.79 Å². The van der Waals surface area contributed by atoms with Crippen LogP contribution in [0.2, 0.25) is 19.6 Å². The number of phosphoric acid groups is 1. The number of hydrogen-bond donors (Lipinski definition) is 0. The molecule has 0 aliphatic carbocycles. The molecule has 2 heterocycles. The molecule has 1 amide bonds. The number of β-lactam (4-membered cyclic amide) rings is 1. The van der Waals surface area contributed by atoms with Crippen LogP contribution in [0.4, 0.5) is 0 Å². The monoisotopic (exact) mass is 645 g/mol. The first-order chi connectivity index (χ1) is 20.8. The van der Waals surface area contributed by atoms with Crippen molar-refractivity contribution in [1.29, 1.82) is 0 Å². The molecule has 1 fully saturated rings. The van der Waals surface area contributed by atoms with Gasteiger partial charge in [-0.1, -0.05) is 56.7 Å². The van der Waals surface area contributed by atoms with Crippen LogP contribution in [0, 0.1) is 11.8 Å². The zero-order valence-corrected chi connectivity index (χ0v) is 27.8. The van der Waals surface area contributed by atoms with Gasteiger partial charge in [-0.2, -0.15) is 4.57 Å². The van der Waals surface area contributed by atoms with E-state index >= 15 is 0 Å². The number of hydrogen-bond acceptors (Lipinski definition) is 10. The Kier molecular flexibility index (Phi) is 10.6. The zero-order chi connectivity index (χ0) is 32.1. The van der Waals surface area contributed by atoms with Gasteiger partial charge in [0.1, 0.15) is 17.3 Å². The number of para-hydroxylation sites is 2. The average Bonchev–Trinajstić information content (AvgIpc) is 3.19. The van der Waals surface area contributed by atoms with Crippen molar-refractivity contribution in [3.8, 4) is 11.5 Å². The summed E-state index contributed by atoms with van der Waals surface area (Å²) in [4.78, 5) is 40.3. The lowest BCUT2D eigenvalue weighted by atomic mass is 9.79. The summed E-state index contributed by atoms with van der Waals surface area (Å²) in [5.74, 6) is -2.74. The first-order valence-corrected chi connectivity index (χ1v) is 19.6. The van der Waals surface area contributed by atoms with E-state index in [4.69, 9.17) is 27.5 Å². The van der Waals surface area contributed by atoms with Crippen LogP contribution in [0.25, 0.3) is 0 Å². The minimum atomic E-state index is -4.52. The molecule has 0 bridgehead atoms. The van der Waals surface area contributed by atoms with Crippen LogP contribution in [-0.2, 0) is 37.4 Å². The highest BCUT2D eigenvalue weighted by atomic mass is 31.2. The predicted molar refractivity (Wildman–Crippen MR) is 164 cm³/mol. The highest BCUT2D eigenvalue weighted by Crippen LogP contribution is 2.57. The molecule has 2 aromatic rings. The van der Waals surface area contributed by atoms with E-state index < -0.39 is 58.9 Å². The second-order valence-electron chi connectivity index (χ2n) is 11.7. The van der Waals surface area contributed by atoms with Crippen LogP contribution in [0.3, 0.4) is 0 Å². The lowest BCUT2D eigenvalue weighted by Crippen LogP contribution is -2.64. The number of fused-ring (bicyclic) bond motifs is 1. The summed E-state index contributed by atoms with van der Waals surface area (Å²) in [6, 6.07) is 16.1. The van der Waals surface area contributed by atoms with Gasteiger partial charge in [0.15, 0.2) is 14.0 Å². The highest BCUT2D eigenvalue weighted by molar-refractivity contribution is 7.49. The van der Waals surface area contributed by atoms with Gasteiger partial charge < -0.3 is 27.5 Å². The van der Waals surface area contributed by atoms with Crippen LogP contribution in [0.5, 0.6) is 11.5 Å². The second-order valence-corrected chi connectivity index (χ2v) is 17.6. The Hall–Kier alpha value is -3.60. The van der Waals surface area contributed by atoms with E-state index in [1.165, 1.54) is 4.90 Å². The van der Waals surface area contributed by atoms with Gasteiger partial charge in [0.05, 0.1) is 18.1 Å². The quantitative estimate of drug-likeness (QED) is 0.0703. The van der Waals surface area contributed by atoms with E-state index in [0.717, 1.165) is 6.42 Å². The van der Waals surface area contributed by atoms with Gasteiger partial charge in [0.25, 0.3) is 0 Å². The number of esters is 2. The Morgan fingerprint density at radius 1 is 0.932 bits per heavy atom. The molecule has 0 spiro atoms. The SMILES string of the molecule is CCCCC(=O)OCOC(=O)C1=C(OP(=O)(Oc2ccccc2)Oc2ccccc2)C(C)[C@@H]2C(C(C)O[Si](C)(C)C)C(=O)N12. The summed E-state index contributed by atoms with van der Waals surface area (Å²) in [7, 11) is -6.54. The molecule has 0 saturated carbocycles. The van der Waals surface area contributed by atoms with Crippen LogP contribution in [-0.4, -0.2) is 50.0 Å². The Morgan fingerprint density at radius 2 is 1.50 bits per heavy atom. The predicted octanol–water partition coefficient (Wildman–Crippen LogP) is 6.43. The second kappa shape index (κ2) is 14.0. The zero-order valence-electron chi connectivity index (χ0n) is 25.9. The summed E-state index contributed by atoms with van der Waals surface area (Å²) in [5.41, 5.74) is -0.248. The molecule has 0 radical (unpaired) electrons. The number of unbranched alkanes of at least 4 members (excludes halogenated alkanes) is 1.